The minimum Gasteiger partial charge on any atom is -0.486 e. The molecule has 0 unspecified atom stereocenters. The monoisotopic (exact) mass is 296 g/mol. The number of aromatic nitrogens is 2. The molecule has 2 aromatic carbocycles. The van der Waals surface area contributed by atoms with Gasteiger partial charge in [-0.2, -0.15) is 0 Å². The summed E-state index contributed by atoms with van der Waals surface area (Å²) in [6.07, 6.45) is 0. The van der Waals surface area contributed by atoms with Crippen LogP contribution in [0.5, 0.6) is 17.2 Å². The zero-order chi connectivity index (χ0) is 14.9. The van der Waals surface area contributed by atoms with Crippen LogP contribution in [0.25, 0.3) is 11.0 Å². The van der Waals surface area contributed by atoms with Crippen molar-refractivity contribution >= 4 is 11.0 Å². The molecule has 0 spiro atoms. The minimum atomic E-state index is 0.393. The first-order valence-corrected chi connectivity index (χ1v) is 7.26. The van der Waals surface area contributed by atoms with E-state index in [0.29, 0.717) is 19.8 Å². The van der Waals surface area contributed by atoms with Crippen LogP contribution in [-0.4, -0.2) is 23.2 Å². The average Bonchev–Trinajstić information content (AvgIpc) is 2.93. The maximum absolute atomic E-state index is 5.75. The van der Waals surface area contributed by atoms with Gasteiger partial charge < -0.3 is 19.2 Å². The summed E-state index contributed by atoms with van der Waals surface area (Å²) in [5, 5.41) is 0. The highest BCUT2D eigenvalue weighted by atomic mass is 16.6. The molecular formula is C17H16N2O3. The molecule has 1 aromatic heterocycles. The van der Waals surface area contributed by atoms with Crippen LogP contribution in [0, 0.1) is 6.92 Å². The number of aryl methyl sites for hydroxylation is 1. The maximum Gasteiger partial charge on any atom is 0.163 e. The van der Waals surface area contributed by atoms with Gasteiger partial charge in [-0.3, -0.25) is 0 Å². The highest BCUT2D eigenvalue weighted by Crippen LogP contribution is 2.33. The van der Waals surface area contributed by atoms with Gasteiger partial charge in [-0.05, 0) is 19.1 Å². The van der Waals surface area contributed by atoms with Crippen LogP contribution in [0.2, 0.25) is 0 Å². The van der Waals surface area contributed by atoms with Crippen molar-refractivity contribution in [3.8, 4) is 17.2 Å². The summed E-state index contributed by atoms with van der Waals surface area (Å²) in [7, 11) is 0. The third kappa shape index (κ3) is 2.45. The van der Waals surface area contributed by atoms with E-state index >= 15 is 0 Å². The number of aromatic amines is 1. The summed E-state index contributed by atoms with van der Waals surface area (Å²) in [5.41, 5.74) is 2.99. The second-order valence-corrected chi connectivity index (χ2v) is 5.30. The summed E-state index contributed by atoms with van der Waals surface area (Å²) >= 11 is 0. The van der Waals surface area contributed by atoms with Gasteiger partial charge in [-0.1, -0.05) is 17.7 Å². The van der Waals surface area contributed by atoms with Gasteiger partial charge in [0.1, 0.15) is 31.4 Å². The zero-order valence-electron chi connectivity index (χ0n) is 12.3. The van der Waals surface area contributed by atoms with Crippen molar-refractivity contribution in [3.05, 3.63) is 47.8 Å². The highest BCUT2D eigenvalue weighted by Gasteiger charge is 2.14. The predicted octanol–water partition coefficient (Wildman–Crippen LogP) is 3.22. The Morgan fingerprint density at radius 1 is 1.09 bits per heavy atom. The lowest BCUT2D eigenvalue weighted by atomic mass is 10.2. The molecule has 5 heteroatoms. The smallest absolute Gasteiger partial charge is 0.163 e. The number of imidazole rings is 1. The Morgan fingerprint density at radius 3 is 2.59 bits per heavy atom. The molecule has 0 fully saturated rings. The first-order chi connectivity index (χ1) is 10.8. The van der Waals surface area contributed by atoms with Crippen LogP contribution in [-0.2, 0) is 6.61 Å². The molecule has 112 valence electrons. The Labute approximate surface area is 127 Å². The number of nitrogens with one attached hydrogen (secondary N) is 1. The molecule has 1 aliphatic heterocycles. The number of fused-ring (bicyclic) bond motifs is 2. The van der Waals surface area contributed by atoms with Gasteiger partial charge in [-0.15, -0.1) is 0 Å². The van der Waals surface area contributed by atoms with Crippen molar-refractivity contribution in [1.29, 1.82) is 0 Å². The number of rotatable bonds is 3. The minimum absolute atomic E-state index is 0.393. The van der Waals surface area contributed by atoms with Gasteiger partial charge >= 0.3 is 0 Å². The van der Waals surface area contributed by atoms with Crippen LogP contribution in [0.1, 0.15) is 11.4 Å². The molecule has 0 saturated carbocycles. The van der Waals surface area contributed by atoms with E-state index in [2.05, 4.69) is 16.9 Å². The number of benzene rings is 2. The Balaban J connectivity index is 1.56. The average molecular weight is 296 g/mol. The maximum atomic E-state index is 5.75. The van der Waals surface area contributed by atoms with Crippen LogP contribution < -0.4 is 14.2 Å². The zero-order valence-corrected chi connectivity index (χ0v) is 12.3. The van der Waals surface area contributed by atoms with Crippen molar-refractivity contribution in [2.45, 2.75) is 13.5 Å². The van der Waals surface area contributed by atoms with E-state index in [1.807, 2.05) is 36.4 Å². The van der Waals surface area contributed by atoms with Gasteiger partial charge in [0.2, 0.25) is 0 Å². The molecule has 0 bridgehead atoms. The number of hydrogen-bond acceptors (Lipinski definition) is 4. The lowest BCUT2D eigenvalue weighted by Gasteiger charge is -2.17. The fourth-order valence-electron chi connectivity index (χ4n) is 2.45. The molecule has 5 nitrogen and oxygen atoms in total. The Hall–Kier alpha value is -2.69. The molecule has 0 aliphatic carbocycles. The van der Waals surface area contributed by atoms with Gasteiger partial charge in [0, 0.05) is 12.1 Å². The predicted molar refractivity (Wildman–Crippen MR) is 82.6 cm³/mol. The van der Waals surface area contributed by atoms with E-state index in [-0.39, 0.29) is 0 Å². The Bertz CT molecular complexity index is 766. The van der Waals surface area contributed by atoms with Crippen LogP contribution in [0.4, 0.5) is 0 Å². The fourth-order valence-corrected chi connectivity index (χ4v) is 2.45. The van der Waals surface area contributed by atoms with E-state index < -0.39 is 0 Å². The van der Waals surface area contributed by atoms with Gasteiger partial charge in [-0.25, -0.2) is 4.98 Å². The van der Waals surface area contributed by atoms with E-state index in [4.69, 9.17) is 14.2 Å². The number of hydrogen-bond donors (Lipinski definition) is 1. The molecule has 22 heavy (non-hydrogen) atoms. The quantitative estimate of drug-likeness (QED) is 0.806. The van der Waals surface area contributed by atoms with Crippen molar-refractivity contribution in [1.82, 2.24) is 9.97 Å². The SMILES string of the molecule is Cc1ccc(OCc2nc3cc4c(cc3[nH]2)OCCO4)cc1. The largest absolute Gasteiger partial charge is 0.486 e. The third-order valence-electron chi connectivity index (χ3n) is 3.59. The molecule has 2 heterocycles. The van der Waals surface area contributed by atoms with E-state index in [1.54, 1.807) is 0 Å². The first kappa shape index (κ1) is 13.0. The lowest BCUT2D eigenvalue weighted by Crippen LogP contribution is -2.15. The molecule has 4 rings (SSSR count). The van der Waals surface area contributed by atoms with Crippen LogP contribution in [0.3, 0.4) is 0 Å². The van der Waals surface area contributed by atoms with Crippen LogP contribution >= 0.6 is 0 Å². The van der Waals surface area contributed by atoms with E-state index in [1.165, 1.54) is 5.56 Å². The summed E-state index contributed by atoms with van der Waals surface area (Å²) in [4.78, 5) is 7.79. The molecule has 3 aromatic rings. The van der Waals surface area contributed by atoms with Gasteiger partial charge in [0.25, 0.3) is 0 Å². The second kappa shape index (κ2) is 5.26. The summed E-state index contributed by atoms with van der Waals surface area (Å²) in [6.45, 7) is 3.60. The number of H-pyrrole nitrogens is 1. The standard InChI is InChI=1S/C17H16N2O3/c1-11-2-4-12(5-3-11)22-10-17-18-13-8-15-16(9-14(13)19-17)21-7-6-20-15/h2-5,8-9H,6-7,10H2,1H3,(H,18,19). The van der Waals surface area contributed by atoms with E-state index in [9.17, 15) is 0 Å². The van der Waals surface area contributed by atoms with Crippen molar-refractivity contribution in [2.24, 2.45) is 0 Å². The van der Waals surface area contributed by atoms with Crippen molar-refractivity contribution in [2.75, 3.05) is 13.2 Å². The van der Waals surface area contributed by atoms with E-state index in [0.717, 1.165) is 34.1 Å². The van der Waals surface area contributed by atoms with Gasteiger partial charge in [0.05, 0.1) is 11.0 Å². The molecule has 0 amide bonds. The number of nitrogens with zero attached hydrogens (tertiary/aromatic N) is 1. The van der Waals surface area contributed by atoms with Crippen molar-refractivity contribution in [3.63, 3.8) is 0 Å². The Kier molecular flexibility index (Phi) is 3.11. The molecule has 0 saturated heterocycles. The lowest BCUT2D eigenvalue weighted by molar-refractivity contribution is 0.172. The summed E-state index contributed by atoms with van der Waals surface area (Å²) in [5.74, 6) is 3.11. The summed E-state index contributed by atoms with van der Waals surface area (Å²) < 4.78 is 16.9. The first-order valence-electron chi connectivity index (χ1n) is 7.26. The van der Waals surface area contributed by atoms with Crippen molar-refractivity contribution < 1.29 is 14.2 Å². The van der Waals surface area contributed by atoms with Crippen LogP contribution in [0.15, 0.2) is 36.4 Å². The molecule has 1 N–H and O–H groups in total. The molecule has 0 radical (unpaired) electrons. The highest BCUT2D eigenvalue weighted by molar-refractivity contribution is 5.79. The number of ether oxygens (including phenoxy) is 3. The van der Waals surface area contributed by atoms with Gasteiger partial charge in [0.15, 0.2) is 11.5 Å². The summed E-state index contributed by atoms with van der Waals surface area (Å²) in [6, 6.07) is 11.8. The third-order valence-corrected chi connectivity index (χ3v) is 3.59. The second-order valence-electron chi connectivity index (χ2n) is 5.30. The Morgan fingerprint density at radius 2 is 1.82 bits per heavy atom. The topological polar surface area (TPSA) is 56.4 Å². The molecular weight excluding hydrogens is 280 g/mol. The normalized spacial score (nSPS) is 13.3. The fraction of sp³-hybridized carbons (Fsp3) is 0.235. The molecule has 0 atom stereocenters. The molecule has 1 aliphatic rings.